The Morgan fingerprint density at radius 2 is 1.07 bits per heavy atom. The second-order valence-corrected chi connectivity index (χ2v) is 15.5. The highest BCUT2D eigenvalue weighted by molar-refractivity contribution is 6.99. The maximum Gasteiger partial charge on any atom is 0.242 e. The molecule has 11 aromatic rings. The fourth-order valence-electron chi connectivity index (χ4n) is 9.63. The third-order valence-corrected chi connectivity index (χ3v) is 12.2. The van der Waals surface area contributed by atoms with Gasteiger partial charge in [-0.05, 0) is 81.9 Å². The molecule has 0 atom stereocenters. The Morgan fingerprint density at radius 1 is 0.407 bits per heavy atom. The lowest BCUT2D eigenvalue weighted by Gasteiger charge is -2.13. The number of pyridine rings is 1. The highest BCUT2D eigenvalue weighted by atomic mass is 15.0. The van der Waals surface area contributed by atoms with E-state index in [2.05, 4.69) is 227 Å². The van der Waals surface area contributed by atoms with E-state index in [1.807, 2.05) is 0 Å². The molecular weight excluding hydrogens is 713 g/mol. The third-order valence-electron chi connectivity index (χ3n) is 12.2. The molecule has 1 aliphatic rings. The van der Waals surface area contributed by atoms with Crippen LogP contribution >= 0.6 is 0 Å². The van der Waals surface area contributed by atoms with Crippen molar-refractivity contribution < 1.29 is 0 Å². The Hall–Kier alpha value is -7.69. The lowest BCUT2D eigenvalue weighted by Crippen LogP contribution is -2.48. The van der Waals surface area contributed by atoms with Crippen LogP contribution in [0.1, 0.15) is 0 Å². The van der Waals surface area contributed by atoms with Crippen LogP contribution in [0, 0.1) is 0 Å². The van der Waals surface area contributed by atoms with Gasteiger partial charge in [-0.15, -0.1) is 0 Å². The van der Waals surface area contributed by atoms with Gasteiger partial charge in [-0.25, -0.2) is 4.98 Å². The third kappa shape index (κ3) is 5.34. The van der Waals surface area contributed by atoms with Crippen molar-refractivity contribution in [2.45, 2.75) is 0 Å². The van der Waals surface area contributed by atoms with Gasteiger partial charge < -0.3 is 4.57 Å². The van der Waals surface area contributed by atoms with E-state index in [-0.39, 0.29) is 6.71 Å². The summed E-state index contributed by atoms with van der Waals surface area (Å²) in [6, 6.07) is 77.1. The van der Waals surface area contributed by atoms with Crippen molar-refractivity contribution in [1.29, 1.82) is 0 Å². The van der Waals surface area contributed by atoms with Gasteiger partial charge >= 0.3 is 0 Å². The fourth-order valence-corrected chi connectivity index (χ4v) is 9.63. The molecule has 3 nitrogen and oxygen atoms in total. The maximum atomic E-state index is 5.36. The van der Waals surface area contributed by atoms with Crippen LogP contribution in [0.2, 0.25) is 0 Å². The highest BCUT2D eigenvalue weighted by Gasteiger charge is 2.36. The first-order valence-electron chi connectivity index (χ1n) is 20.3. The first kappa shape index (κ1) is 33.5. The molecule has 0 fully saturated rings. The first-order valence-corrected chi connectivity index (χ1v) is 20.3. The average Bonchev–Trinajstić information content (AvgIpc) is 3.97. The van der Waals surface area contributed by atoms with Gasteiger partial charge in [0, 0.05) is 33.8 Å². The summed E-state index contributed by atoms with van der Waals surface area (Å²) >= 11 is 0. The summed E-state index contributed by atoms with van der Waals surface area (Å²) in [5.41, 5.74) is 20.1. The first-order chi connectivity index (χ1) is 29.3. The summed E-state index contributed by atoms with van der Waals surface area (Å²) in [6.45, 7) is 0.111. The molecule has 4 heterocycles. The number of rotatable bonds is 6. The van der Waals surface area contributed by atoms with Gasteiger partial charge in [0.05, 0.1) is 22.4 Å². The Kier molecular flexibility index (Phi) is 7.64. The number of aromatic nitrogens is 3. The molecule has 0 amide bonds. The van der Waals surface area contributed by atoms with Crippen LogP contribution in [0.5, 0.6) is 0 Å². The van der Waals surface area contributed by atoms with Crippen molar-refractivity contribution in [3.05, 3.63) is 219 Å². The number of benzene rings is 8. The zero-order valence-electron chi connectivity index (χ0n) is 32.2. The molecule has 0 radical (unpaired) electrons. The van der Waals surface area contributed by atoms with Crippen LogP contribution in [0.15, 0.2) is 219 Å². The SMILES string of the molecule is c1ccc(B2c3ccc(-c4ccc5c(c4)c4ccccc4n5-c4cccc(-c5ccccc5)c4)cc3-c3c2cccc3-c2nc3ccccn3c2-c2ccccc2)cc1. The summed E-state index contributed by atoms with van der Waals surface area (Å²) in [4.78, 5) is 5.36. The molecule has 0 spiro atoms. The summed E-state index contributed by atoms with van der Waals surface area (Å²) in [6.07, 6.45) is 2.13. The summed E-state index contributed by atoms with van der Waals surface area (Å²) in [5, 5.41) is 2.48. The molecule has 12 rings (SSSR count). The fraction of sp³-hybridized carbons (Fsp3) is 0. The number of hydrogen-bond acceptors (Lipinski definition) is 1. The van der Waals surface area contributed by atoms with Crippen LogP contribution in [0.25, 0.3) is 89.0 Å². The predicted octanol–water partition coefficient (Wildman–Crippen LogP) is 11.6. The van der Waals surface area contributed by atoms with Gasteiger partial charge in [0.1, 0.15) is 5.65 Å². The molecule has 59 heavy (non-hydrogen) atoms. The zero-order valence-corrected chi connectivity index (χ0v) is 32.2. The van der Waals surface area contributed by atoms with E-state index in [1.165, 1.54) is 71.6 Å². The Bertz CT molecular complexity index is 3380. The zero-order chi connectivity index (χ0) is 38.9. The average molecular weight is 750 g/mol. The molecule has 0 saturated carbocycles. The number of imidazole rings is 1. The molecule has 8 aromatic carbocycles. The van der Waals surface area contributed by atoms with E-state index >= 15 is 0 Å². The summed E-state index contributed by atoms with van der Waals surface area (Å²) in [7, 11) is 0. The summed E-state index contributed by atoms with van der Waals surface area (Å²) in [5.74, 6) is 0. The van der Waals surface area contributed by atoms with Gasteiger partial charge in [0.25, 0.3) is 0 Å². The van der Waals surface area contributed by atoms with Crippen LogP contribution < -0.4 is 16.4 Å². The van der Waals surface area contributed by atoms with E-state index in [4.69, 9.17) is 4.98 Å². The second kappa shape index (κ2) is 13.5. The van der Waals surface area contributed by atoms with Gasteiger partial charge in [0.2, 0.25) is 6.71 Å². The number of fused-ring (bicyclic) bond motifs is 7. The number of nitrogens with zero attached hydrogens (tertiary/aromatic N) is 3. The predicted molar refractivity (Wildman–Crippen MR) is 248 cm³/mol. The van der Waals surface area contributed by atoms with Crippen molar-refractivity contribution in [2.24, 2.45) is 0 Å². The number of para-hydroxylation sites is 1. The van der Waals surface area contributed by atoms with Gasteiger partial charge in [-0.1, -0.05) is 180 Å². The van der Waals surface area contributed by atoms with Crippen LogP contribution in [-0.4, -0.2) is 20.7 Å². The van der Waals surface area contributed by atoms with Crippen LogP contribution in [0.3, 0.4) is 0 Å². The van der Waals surface area contributed by atoms with Crippen molar-refractivity contribution in [3.8, 4) is 61.6 Å². The molecule has 0 unspecified atom stereocenters. The minimum absolute atomic E-state index is 0.111. The van der Waals surface area contributed by atoms with Crippen molar-refractivity contribution >= 4 is 50.6 Å². The monoisotopic (exact) mass is 749 g/mol. The van der Waals surface area contributed by atoms with E-state index < -0.39 is 0 Å². The molecule has 1 aliphatic heterocycles. The quantitative estimate of drug-likeness (QED) is 0.155. The molecule has 0 N–H and O–H groups in total. The Balaban J connectivity index is 1.05. The summed E-state index contributed by atoms with van der Waals surface area (Å²) < 4.78 is 4.64. The van der Waals surface area contributed by atoms with E-state index in [0.29, 0.717) is 0 Å². The molecule has 0 aliphatic carbocycles. The largest absolute Gasteiger partial charge is 0.309 e. The van der Waals surface area contributed by atoms with Gasteiger partial charge in [0.15, 0.2) is 0 Å². The standard InChI is InChI=1S/C55H36BN3/c1-4-16-37(17-5-1)39-20-14-23-43(34-39)59-50-27-11-10-24-44(50)46-35-41(30-32-51(46)59)40-29-31-48-47(36-40)53-45(25-15-26-49(53)56(48)42-21-8-3-9-22-42)54-55(38-18-6-2-7-19-38)58-33-13-12-28-52(58)57-54/h1-36H. The van der Waals surface area contributed by atoms with E-state index in [9.17, 15) is 0 Å². The van der Waals surface area contributed by atoms with Crippen LogP contribution in [0.4, 0.5) is 0 Å². The molecule has 0 saturated heterocycles. The van der Waals surface area contributed by atoms with Crippen molar-refractivity contribution in [2.75, 3.05) is 0 Å². The molecule has 3 aromatic heterocycles. The second-order valence-electron chi connectivity index (χ2n) is 15.5. The Morgan fingerprint density at radius 3 is 1.92 bits per heavy atom. The Labute approximate surface area is 343 Å². The van der Waals surface area contributed by atoms with E-state index in [0.717, 1.165) is 33.8 Å². The smallest absolute Gasteiger partial charge is 0.242 e. The lowest BCUT2D eigenvalue weighted by molar-refractivity contribution is 1.18. The minimum Gasteiger partial charge on any atom is -0.309 e. The van der Waals surface area contributed by atoms with Crippen molar-refractivity contribution in [3.63, 3.8) is 0 Å². The maximum absolute atomic E-state index is 5.36. The highest BCUT2D eigenvalue weighted by Crippen LogP contribution is 2.41. The normalized spacial score (nSPS) is 12.0. The van der Waals surface area contributed by atoms with E-state index in [1.54, 1.807) is 0 Å². The number of hydrogen-bond donors (Lipinski definition) is 0. The van der Waals surface area contributed by atoms with Crippen LogP contribution in [-0.2, 0) is 0 Å². The lowest BCUT2D eigenvalue weighted by atomic mass is 9.39. The molecule has 4 heteroatoms. The topological polar surface area (TPSA) is 22.2 Å². The molecular formula is C55H36BN3. The van der Waals surface area contributed by atoms with Crippen molar-refractivity contribution in [1.82, 2.24) is 14.0 Å². The van der Waals surface area contributed by atoms with Gasteiger partial charge in [-0.2, -0.15) is 0 Å². The minimum atomic E-state index is 0.111. The molecule has 274 valence electrons. The van der Waals surface area contributed by atoms with Gasteiger partial charge in [-0.3, -0.25) is 4.40 Å². The molecule has 0 bridgehead atoms.